The number of amides is 2. The lowest BCUT2D eigenvalue weighted by Crippen LogP contribution is -2.38. The molecule has 1 aliphatic rings. The molecule has 0 aliphatic carbocycles. The molecule has 2 aromatic rings. The SMILES string of the molecule is O=C(O)c1cccc(C(=O)N[C@@H](CN2CCCC2=O)c2ccccc2)c1. The topological polar surface area (TPSA) is 86.7 Å². The van der Waals surface area contributed by atoms with Gasteiger partial charge >= 0.3 is 5.97 Å². The zero-order valence-corrected chi connectivity index (χ0v) is 14.2. The monoisotopic (exact) mass is 352 g/mol. The van der Waals surface area contributed by atoms with Gasteiger partial charge < -0.3 is 15.3 Å². The maximum atomic E-state index is 12.7. The first-order valence-electron chi connectivity index (χ1n) is 8.51. The number of nitrogens with one attached hydrogen (secondary N) is 1. The van der Waals surface area contributed by atoms with Crippen LogP contribution in [-0.2, 0) is 4.79 Å². The van der Waals surface area contributed by atoms with Crippen LogP contribution in [0.5, 0.6) is 0 Å². The molecular formula is C20H20N2O4. The number of likely N-dealkylation sites (tertiary alicyclic amines) is 1. The van der Waals surface area contributed by atoms with E-state index in [1.165, 1.54) is 12.1 Å². The highest BCUT2D eigenvalue weighted by Gasteiger charge is 2.25. The van der Waals surface area contributed by atoms with E-state index < -0.39 is 5.97 Å². The Morgan fingerprint density at radius 3 is 2.46 bits per heavy atom. The Morgan fingerprint density at radius 1 is 1.08 bits per heavy atom. The van der Waals surface area contributed by atoms with Crippen molar-refractivity contribution >= 4 is 17.8 Å². The summed E-state index contributed by atoms with van der Waals surface area (Å²) in [6.45, 7) is 1.08. The number of benzene rings is 2. The van der Waals surface area contributed by atoms with Crippen LogP contribution in [0.25, 0.3) is 0 Å². The lowest BCUT2D eigenvalue weighted by atomic mass is 10.0. The zero-order valence-electron chi connectivity index (χ0n) is 14.2. The molecule has 0 bridgehead atoms. The van der Waals surface area contributed by atoms with Gasteiger partial charge in [-0.25, -0.2) is 4.79 Å². The van der Waals surface area contributed by atoms with Crippen molar-refractivity contribution in [3.63, 3.8) is 0 Å². The largest absolute Gasteiger partial charge is 0.478 e. The maximum absolute atomic E-state index is 12.7. The second-order valence-electron chi connectivity index (χ2n) is 6.27. The van der Waals surface area contributed by atoms with Gasteiger partial charge in [0.15, 0.2) is 0 Å². The molecule has 1 heterocycles. The van der Waals surface area contributed by atoms with E-state index in [1.807, 2.05) is 30.3 Å². The summed E-state index contributed by atoms with van der Waals surface area (Å²) >= 11 is 0. The van der Waals surface area contributed by atoms with Crippen LogP contribution in [-0.4, -0.2) is 40.9 Å². The molecule has 0 spiro atoms. The average molecular weight is 352 g/mol. The molecule has 26 heavy (non-hydrogen) atoms. The van der Waals surface area contributed by atoms with Gasteiger partial charge in [-0.1, -0.05) is 36.4 Å². The molecule has 1 atom stereocenters. The Labute approximate surface area is 151 Å². The van der Waals surface area contributed by atoms with Gasteiger partial charge in [0.25, 0.3) is 5.91 Å². The summed E-state index contributed by atoms with van der Waals surface area (Å²) in [5.74, 6) is -1.36. The molecule has 1 saturated heterocycles. The van der Waals surface area contributed by atoms with Crippen molar-refractivity contribution in [2.24, 2.45) is 0 Å². The fourth-order valence-corrected chi connectivity index (χ4v) is 3.07. The highest BCUT2D eigenvalue weighted by Crippen LogP contribution is 2.19. The number of carboxylic acids is 1. The summed E-state index contributed by atoms with van der Waals surface area (Å²) in [4.78, 5) is 37.5. The van der Waals surface area contributed by atoms with E-state index in [9.17, 15) is 14.4 Å². The van der Waals surface area contributed by atoms with Gasteiger partial charge in [-0.05, 0) is 30.2 Å². The minimum Gasteiger partial charge on any atom is -0.478 e. The number of carbonyl (C=O) groups is 3. The number of aromatic carboxylic acids is 1. The fraction of sp³-hybridized carbons (Fsp3) is 0.250. The maximum Gasteiger partial charge on any atom is 0.335 e. The lowest BCUT2D eigenvalue weighted by Gasteiger charge is -2.25. The molecule has 1 aliphatic heterocycles. The van der Waals surface area contributed by atoms with Crippen LogP contribution in [0.15, 0.2) is 54.6 Å². The van der Waals surface area contributed by atoms with Crippen LogP contribution in [0.2, 0.25) is 0 Å². The summed E-state index contributed by atoms with van der Waals surface area (Å²) in [5.41, 5.74) is 1.23. The molecule has 2 aromatic carbocycles. The van der Waals surface area contributed by atoms with Crippen LogP contribution < -0.4 is 5.32 Å². The van der Waals surface area contributed by atoms with Gasteiger partial charge in [0.2, 0.25) is 5.91 Å². The molecule has 0 aromatic heterocycles. The first-order valence-corrected chi connectivity index (χ1v) is 8.51. The van der Waals surface area contributed by atoms with E-state index in [0.29, 0.717) is 19.5 Å². The van der Waals surface area contributed by atoms with E-state index in [1.54, 1.807) is 17.0 Å². The molecule has 134 valence electrons. The Kier molecular flexibility index (Phi) is 5.31. The van der Waals surface area contributed by atoms with Gasteiger partial charge in [0, 0.05) is 25.1 Å². The van der Waals surface area contributed by atoms with Crippen molar-refractivity contribution in [2.45, 2.75) is 18.9 Å². The van der Waals surface area contributed by atoms with Gasteiger partial charge in [0.05, 0.1) is 11.6 Å². The van der Waals surface area contributed by atoms with E-state index in [-0.39, 0.29) is 29.0 Å². The minimum absolute atomic E-state index is 0.0589. The fourth-order valence-electron chi connectivity index (χ4n) is 3.07. The van der Waals surface area contributed by atoms with Crippen LogP contribution in [0.4, 0.5) is 0 Å². The molecular weight excluding hydrogens is 332 g/mol. The number of hydrogen-bond donors (Lipinski definition) is 2. The predicted molar refractivity (Wildman–Crippen MR) is 95.9 cm³/mol. The van der Waals surface area contributed by atoms with Gasteiger partial charge in [-0.3, -0.25) is 9.59 Å². The number of carboxylic acid groups (broad SMARTS) is 1. The van der Waals surface area contributed by atoms with Crippen LogP contribution in [0.1, 0.15) is 45.2 Å². The highest BCUT2D eigenvalue weighted by molar-refractivity contribution is 5.97. The molecule has 2 amide bonds. The molecule has 6 nitrogen and oxygen atoms in total. The molecule has 2 N–H and O–H groups in total. The van der Waals surface area contributed by atoms with Crippen LogP contribution in [0, 0.1) is 0 Å². The average Bonchev–Trinajstić information content (AvgIpc) is 3.06. The molecule has 0 unspecified atom stereocenters. The highest BCUT2D eigenvalue weighted by atomic mass is 16.4. The zero-order chi connectivity index (χ0) is 18.5. The van der Waals surface area contributed by atoms with Crippen molar-refractivity contribution in [2.75, 3.05) is 13.1 Å². The first kappa shape index (κ1) is 17.7. The van der Waals surface area contributed by atoms with Crippen molar-refractivity contribution in [1.29, 1.82) is 0 Å². The minimum atomic E-state index is -1.08. The summed E-state index contributed by atoms with van der Waals surface area (Å²) in [7, 11) is 0. The smallest absolute Gasteiger partial charge is 0.335 e. The Morgan fingerprint density at radius 2 is 1.81 bits per heavy atom. The number of hydrogen-bond acceptors (Lipinski definition) is 3. The first-order chi connectivity index (χ1) is 12.5. The second kappa shape index (κ2) is 7.82. The van der Waals surface area contributed by atoms with Crippen molar-refractivity contribution in [3.05, 3.63) is 71.3 Å². The standard InChI is InChI=1S/C20H20N2O4/c23-18-10-5-11-22(18)13-17(14-6-2-1-3-7-14)21-19(24)15-8-4-9-16(12-15)20(25)26/h1-4,6-9,12,17H,5,10-11,13H2,(H,21,24)(H,25,26)/t17-/m0/s1. The molecule has 6 heteroatoms. The van der Waals surface area contributed by atoms with Gasteiger partial charge in [-0.15, -0.1) is 0 Å². The quantitative estimate of drug-likeness (QED) is 0.836. The van der Waals surface area contributed by atoms with Crippen molar-refractivity contribution in [3.8, 4) is 0 Å². The van der Waals surface area contributed by atoms with E-state index >= 15 is 0 Å². The Hall–Kier alpha value is -3.15. The molecule has 3 rings (SSSR count). The number of carbonyl (C=O) groups excluding carboxylic acids is 2. The Balaban J connectivity index is 1.80. The summed E-state index contributed by atoms with van der Waals surface area (Å²) < 4.78 is 0. The number of rotatable bonds is 6. The molecule has 0 saturated carbocycles. The van der Waals surface area contributed by atoms with Crippen LogP contribution in [0.3, 0.4) is 0 Å². The third kappa shape index (κ3) is 4.08. The lowest BCUT2D eigenvalue weighted by molar-refractivity contribution is -0.128. The third-order valence-electron chi connectivity index (χ3n) is 4.45. The normalized spacial score (nSPS) is 14.9. The van der Waals surface area contributed by atoms with Crippen molar-refractivity contribution in [1.82, 2.24) is 10.2 Å². The summed E-state index contributed by atoms with van der Waals surface area (Å²) in [6.07, 6.45) is 1.37. The third-order valence-corrected chi connectivity index (χ3v) is 4.45. The number of nitrogens with zero attached hydrogens (tertiary/aromatic N) is 1. The predicted octanol–water partition coefficient (Wildman–Crippen LogP) is 2.48. The van der Waals surface area contributed by atoms with Gasteiger partial charge in [0.1, 0.15) is 0 Å². The van der Waals surface area contributed by atoms with E-state index in [0.717, 1.165) is 12.0 Å². The summed E-state index contributed by atoms with van der Waals surface area (Å²) in [5, 5.41) is 12.0. The molecule has 1 fully saturated rings. The van der Waals surface area contributed by atoms with E-state index in [4.69, 9.17) is 5.11 Å². The van der Waals surface area contributed by atoms with Crippen molar-refractivity contribution < 1.29 is 19.5 Å². The Bertz CT molecular complexity index is 820. The summed E-state index contributed by atoms with van der Waals surface area (Å²) in [6, 6.07) is 15.0. The second-order valence-corrected chi connectivity index (χ2v) is 6.27. The van der Waals surface area contributed by atoms with Crippen LogP contribution >= 0.6 is 0 Å². The van der Waals surface area contributed by atoms with E-state index in [2.05, 4.69) is 5.32 Å². The van der Waals surface area contributed by atoms with Gasteiger partial charge in [-0.2, -0.15) is 0 Å². The molecule has 0 radical (unpaired) electrons.